The van der Waals surface area contributed by atoms with Crippen LogP contribution in [0, 0.1) is 19.8 Å². The molecular weight excluding hydrogens is 368 g/mol. The monoisotopic (exact) mass is 394 g/mol. The van der Waals surface area contributed by atoms with Gasteiger partial charge in [-0.2, -0.15) is 0 Å². The van der Waals surface area contributed by atoms with E-state index in [2.05, 4.69) is 10.3 Å². The predicted molar refractivity (Wildman–Crippen MR) is 111 cm³/mol. The minimum atomic E-state index is -0.315. The normalized spacial score (nSPS) is 15.0. The molecule has 2 aromatic rings. The quantitative estimate of drug-likeness (QED) is 0.774. The summed E-state index contributed by atoms with van der Waals surface area (Å²) in [4.78, 5) is 28.9. The van der Waals surface area contributed by atoms with Crippen molar-refractivity contribution in [1.29, 1.82) is 0 Å². The number of hydrogen-bond acceptors (Lipinski definition) is 4. The molecule has 3 rings (SSSR count). The summed E-state index contributed by atoms with van der Waals surface area (Å²) < 4.78 is 10.5. The molecule has 29 heavy (non-hydrogen) atoms. The Bertz CT molecular complexity index is 1060. The number of hydrogen-bond donors (Lipinski definition) is 1. The van der Waals surface area contributed by atoms with Gasteiger partial charge in [-0.15, -0.1) is 0 Å². The van der Waals surface area contributed by atoms with Gasteiger partial charge in [0, 0.05) is 11.8 Å². The molecule has 152 valence electrons. The maximum Gasteiger partial charge on any atom is 0.253 e. The number of aryl methyl sites for hydroxylation is 2. The molecule has 1 unspecified atom stereocenters. The third kappa shape index (κ3) is 4.65. The van der Waals surface area contributed by atoms with E-state index >= 15 is 0 Å². The summed E-state index contributed by atoms with van der Waals surface area (Å²) in [6, 6.07) is 9.42. The molecule has 1 N–H and O–H groups in total. The van der Waals surface area contributed by atoms with Crippen molar-refractivity contribution in [3.63, 3.8) is 0 Å². The van der Waals surface area contributed by atoms with Gasteiger partial charge >= 0.3 is 0 Å². The first kappa shape index (κ1) is 20.6. The highest BCUT2D eigenvalue weighted by Crippen LogP contribution is 2.27. The van der Waals surface area contributed by atoms with Crippen molar-refractivity contribution in [3.05, 3.63) is 57.6 Å². The molecule has 0 aromatic heterocycles. The number of nitrogens with zero attached hydrogens (tertiary/aromatic N) is 1. The Morgan fingerprint density at radius 1 is 1.07 bits per heavy atom. The highest BCUT2D eigenvalue weighted by molar-refractivity contribution is 5.86. The molecule has 1 atom stereocenters. The SMILES string of the molecule is COc1ccc(CC(=O)NCCC2C=c3c(C)ccc(C)c3=NC2=O)cc1OC. The summed E-state index contributed by atoms with van der Waals surface area (Å²) in [7, 11) is 3.13. The highest BCUT2D eigenvalue weighted by Gasteiger charge is 2.19. The zero-order valence-electron chi connectivity index (χ0n) is 17.2. The van der Waals surface area contributed by atoms with E-state index in [4.69, 9.17) is 9.47 Å². The number of amides is 2. The van der Waals surface area contributed by atoms with Gasteiger partial charge in [0.25, 0.3) is 5.91 Å². The number of rotatable bonds is 7. The van der Waals surface area contributed by atoms with Crippen molar-refractivity contribution in [2.24, 2.45) is 10.9 Å². The number of methoxy groups -OCH3 is 2. The number of benzene rings is 2. The average Bonchev–Trinajstić information content (AvgIpc) is 2.71. The van der Waals surface area contributed by atoms with Crippen LogP contribution < -0.4 is 25.4 Å². The van der Waals surface area contributed by atoms with Gasteiger partial charge in [0.2, 0.25) is 5.91 Å². The maximum absolute atomic E-state index is 12.4. The van der Waals surface area contributed by atoms with Crippen LogP contribution >= 0.6 is 0 Å². The van der Waals surface area contributed by atoms with Crippen LogP contribution in [0.15, 0.2) is 35.3 Å². The van der Waals surface area contributed by atoms with Crippen molar-refractivity contribution >= 4 is 17.9 Å². The lowest BCUT2D eigenvalue weighted by molar-refractivity contribution is -0.122. The van der Waals surface area contributed by atoms with Gasteiger partial charge in [-0.05, 0) is 49.1 Å². The molecule has 2 amide bonds. The molecular formula is C23H26N2O4. The largest absolute Gasteiger partial charge is 0.493 e. The standard InChI is InChI=1S/C23H26N2O4/c1-14-5-6-15(2)22-18(14)13-17(23(27)25-22)9-10-24-21(26)12-16-7-8-19(28-3)20(11-16)29-4/h5-8,11,13,17H,9-10,12H2,1-4H3,(H,24,26). The van der Waals surface area contributed by atoms with Crippen LogP contribution in [-0.4, -0.2) is 32.6 Å². The second kappa shape index (κ2) is 8.90. The number of carbonyl (C=O) groups excluding carboxylic acids is 2. The van der Waals surface area contributed by atoms with Crippen LogP contribution in [0.5, 0.6) is 11.5 Å². The summed E-state index contributed by atoms with van der Waals surface area (Å²) in [6.07, 6.45) is 2.73. The van der Waals surface area contributed by atoms with Crippen LogP contribution in [-0.2, 0) is 16.0 Å². The topological polar surface area (TPSA) is 77.0 Å². The van der Waals surface area contributed by atoms with E-state index in [9.17, 15) is 9.59 Å². The average molecular weight is 394 g/mol. The Kier molecular flexibility index (Phi) is 6.32. The van der Waals surface area contributed by atoms with E-state index in [-0.39, 0.29) is 24.2 Å². The molecule has 0 saturated heterocycles. The van der Waals surface area contributed by atoms with E-state index in [0.717, 1.165) is 27.3 Å². The smallest absolute Gasteiger partial charge is 0.253 e. The summed E-state index contributed by atoms with van der Waals surface area (Å²) in [5.74, 6) is 0.637. The Hall–Kier alpha value is -3.15. The molecule has 6 heteroatoms. The summed E-state index contributed by atoms with van der Waals surface area (Å²) in [5, 5.41) is 4.68. The van der Waals surface area contributed by atoms with E-state index in [1.54, 1.807) is 26.4 Å². The van der Waals surface area contributed by atoms with Gasteiger partial charge in [-0.25, -0.2) is 4.99 Å². The van der Waals surface area contributed by atoms with Gasteiger partial charge in [-0.1, -0.05) is 24.3 Å². The molecule has 0 spiro atoms. The van der Waals surface area contributed by atoms with Crippen LogP contribution in [0.25, 0.3) is 6.08 Å². The van der Waals surface area contributed by atoms with Gasteiger partial charge in [-0.3, -0.25) is 9.59 Å². The van der Waals surface area contributed by atoms with E-state index in [1.807, 2.05) is 38.1 Å². The summed E-state index contributed by atoms with van der Waals surface area (Å²) in [6.45, 7) is 4.38. The lowest BCUT2D eigenvalue weighted by atomic mass is 9.97. The number of nitrogens with one attached hydrogen (secondary N) is 1. The molecule has 1 aliphatic heterocycles. The molecule has 0 bridgehead atoms. The number of fused-ring (bicyclic) bond motifs is 1. The second-order valence-corrected chi connectivity index (χ2v) is 7.19. The molecule has 1 aliphatic rings. The zero-order chi connectivity index (χ0) is 21.0. The third-order valence-corrected chi connectivity index (χ3v) is 5.13. The molecule has 6 nitrogen and oxygen atoms in total. The minimum absolute atomic E-state index is 0.107. The van der Waals surface area contributed by atoms with Gasteiger partial charge < -0.3 is 14.8 Å². The Morgan fingerprint density at radius 3 is 2.52 bits per heavy atom. The van der Waals surface area contributed by atoms with E-state index in [1.165, 1.54) is 0 Å². The number of carbonyl (C=O) groups is 2. The molecule has 0 aliphatic carbocycles. The van der Waals surface area contributed by atoms with Crippen molar-refractivity contribution in [2.75, 3.05) is 20.8 Å². The summed E-state index contributed by atoms with van der Waals surface area (Å²) in [5.41, 5.74) is 2.93. The summed E-state index contributed by atoms with van der Waals surface area (Å²) >= 11 is 0. The Balaban J connectivity index is 1.60. The predicted octanol–water partition coefficient (Wildman–Crippen LogP) is 1.63. The fourth-order valence-electron chi connectivity index (χ4n) is 3.45. The van der Waals surface area contributed by atoms with Crippen molar-refractivity contribution in [3.8, 4) is 11.5 Å². The molecule has 0 saturated carbocycles. The fourth-order valence-corrected chi connectivity index (χ4v) is 3.45. The minimum Gasteiger partial charge on any atom is -0.493 e. The van der Waals surface area contributed by atoms with Gasteiger partial charge in [0.1, 0.15) is 0 Å². The number of ether oxygens (including phenoxy) is 2. The lowest BCUT2D eigenvalue weighted by Crippen LogP contribution is -2.38. The molecule has 1 heterocycles. The third-order valence-electron chi connectivity index (χ3n) is 5.13. The van der Waals surface area contributed by atoms with Crippen molar-refractivity contribution < 1.29 is 19.1 Å². The first-order chi connectivity index (χ1) is 13.9. The maximum atomic E-state index is 12.4. The van der Waals surface area contributed by atoms with Crippen LogP contribution in [0.4, 0.5) is 0 Å². The first-order valence-electron chi connectivity index (χ1n) is 9.61. The van der Waals surface area contributed by atoms with Crippen molar-refractivity contribution in [1.82, 2.24) is 5.32 Å². The fraction of sp³-hybridized carbons (Fsp3) is 0.348. The van der Waals surface area contributed by atoms with Crippen LogP contribution in [0.2, 0.25) is 0 Å². The van der Waals surface area contributed by atoms with Crippen molar-refractivity contribution in [2.45, 2.75) is 26.7 Å². The zero-order valence-corrected chi connectivity index (χ0v) is 17.2. The molecule has 0 radical (unpaired) electrons. The first-order valence-corrected chi connectivity index (χ1v) is 9.61. The molecule has 0 fully saturated rings. The highest BCUT2D eigenvalue weighted by atomic mass is 16.5. The van der Waals surface area contributed by atoms with Crippen LogP contribution in [0.3, 0.4) is 0 Å². The molecule has 2 aromatic carbocycles. The van der Waals surface area contributed by atoms with Crippen LogP contribution in [0.1, 0.15) is 23.1 Å². The lowest BCUT2D eigenvalue weighted by Gasteiger charge is -2.15. The van der Waals surface area contributed by atoms with E-state index in [0.29, 0.717) is 24.5 Å². The Labute approximate surface area is 170 Å². The van der Waals surface area contributed by atoms with E-state index < -0.39 is 0 Å². The van der Waals surface area contributed by atoms with Gasteiger partial charge in [0.05, 0.1) is 31.9 Å². The second-order valence-electron chi connectivity index (χ2n) is 7.19. The Morgan fingerprint density at radius 2 is 1.79 bits per heavy atom. The van der Waals surface area contributed by atoms with Gasteiger partial charge in [0.15, 0.2) is 11.5 Å².